The van der Waals surface area contributed by atoms with E-state index in [2.05, 4.69) is 10.5 Å². The van der Waals surface area contributed by atoms with Crippen LogP contribution < -0.4 is 15.9 Å². The fourth-order valence-corrected chi connectivity index (χ4v) is 2.05. The number of nitro groups is 1. The minimum Gasteiger partial charge on any atom is -0.404 e. The molecule has 0 aliphatic carbocycles. The van der Waals surface area contributed by atoms with Crippen LogP contribution in [0, 0.1) is 10.1 Å². The van der Waals surface area contributed by atoms with Crippen LogP contribution in [-0.2, 0) is 0 Å². The van der Waals surface area contributed by atoms with Crippen molar-refractivity contribution in [3.8, 4) is 0 Å². The first-order chi connectivity index (χ1) is 8.74. The summed E-state index contributed by atoms with van der Waals surface area (Å²) in [5.74, 6) is 0. The number of rotatable bonds is 2. The number of nitrogens with one attached hydrogen (secondary N) is 2. The Morgan fingerprint density at radius 2 is 1.72 bits per heavy atom. The van der Waals surface area contributed by atoms with Crippen LogP contribution >= 0.6 is 0 Å². The van der Waals surface area contributed by atoms with E-state index in [9.17, 15) is 10.1 Å². The molecule has 0 amide bonds. The maximum atomic E-state index is 10.7. The van der Waals surface area contributed by atoms with Crippen LogP contribution in [0.15, 0.2) is 48.5 Å². The average molecular weight is 239 g/mol. The second kappa shape index (κ2) is 4.07. The number of nitro benzene ring substituents is 1. The first kappa shape index (κ1) is 10.6. The first-order valence-electron chi connectivity index (χ1n) is 5.60. The van der Waals surface area contributed by atoms with Gasteiger partial charge in [-0.25, -0.2) is 0 Å². The van der Waals surface area contributed by atoms with Crippen molar-refractivity contribution in [3.05, 3.63) is 58.6 Å². The second-order valence-corrected chi connectivity index (χ2v) is 4.12. The van der Waals surface area contributed by atoms with E-state index < -0.39 is 4.92 Å². The Balaban J connectivity index is 1.90. The van der Waals surface area contributed by atoms with Crippen molar-refractivity contribution >= 4 is 29.5 Å². The van der Waals surface area contributed by atoms with E-state index in [1.54, 1.807) is 12.1 Å². The van der Waals surface area contributed by atoms with Crippen molar-refractivity contribution in [1.82, 2.24) is 0 Å². The first-order valence-corrected chi connectivity index (χ1v) is 5.60. The Hall–Kier alpha value is -2.50. The van der Waals surface area contributed by atoms with E-state index in [4.69, 9.17) is 0 Å². The quantitative estimate of drug-likeness (QED) is 0.476. The molecule has 0 fully saturated rings. The van der Waals surface area contributed by atoms with Gasteiger partial charge in [0, 0.05) is 17.8 Å². The van der Waals surface area contributed by atoms with Gasteiger partial charge in [-0.1, -0.05) is 30.3 Å². The van der Waals surface area contributed by atoms with Gasteiger partial charge in [0.25, 0.3) is 5.69 Å². The molecule has 5 nitrogen and oxygen atoms in total. The topological polar surface area (TPSA) is 67.2 Å². The van der Waals surface area contributed by atoms with Gasteiger partial charge in [0.15, 0.2) is 0 Å². The Bertz CT molecular complexity index is 604. The summed E-state index contributed by atoms with van der Waals surface area (Å²) in [6.45, 7) is -0.0387. The summed E-state index contributed by atoms with van der Waals surface area (Å²) in [6.07, 6.45) is 0. The third-order valence-corrected chi connectivity index (χ3v) is 2.95. The number of benzene rings is 2. The highest BCUT2D eigenvalue weighted by molar-refractivity contribution is 6.80. The summed E-state index contributed by atoms with van der Waals surface area (Å²) in [4.78, 5) is 10.3. The van der Waals surface area contributed by atoms with Gasteiger partial charge < -0.3 is 10.5 Å². The number of hydrogen-bond acceptors (Lipinski definition) is 4. The van der Waals surface area contributed by atoms with Crippen LogP contribution in [0.4, 0.5) is 17.1 Å². The Morgan fingerprint density at radius 3 is 2.44 bits per heavy atom. The SMILES string of the molecule is O=[N+]([O-])c1ccc2c(c1)NB(c1ccccc1)N2. The van der Waals surface area contributed by atoms with Gasteiger partial charge in [-0.2, -0.15) is 0 Å². The molecule has 2 N–H and O–H groups in total. The third kappa shape index (κ3) is 1.77. The van der Waals surface area contributed by atoms with Gasteiger partial charge in [0.05, 0.1) is 10.6 Å². The van der Waals surface area contributed by atoms with E-state index in [1.807, 2.05) is 30.3 Å². The molecule has 0 saturated carbocycles. The summed E-state index contributed by atoms with van der Waals surface area (Å²) in [5, 5.41) is 17.2. The maximum absolute atomic E-state index is 10.7. The molecule has 18 heavy (non-hydrogen) atoms. The fourth-order valence-electron chi connectivity index (χ4n) is 2.05. The lowest BCUT2D eigenvalue weighted by atomic mass is 9.69. The number of nitrogens with zero attached hydrogens (tertiary/aromatic N) is 1. The number of fused-ring (bicyclic) bond motifs is 1. The van der Waals surface area contributed by atoms with E-state index >= 15 is 0 Å². The van der Waals surface area contributed by atoms with Gasteiger partial charge in [0.2, 0.25) is 0 Å². The molecule has 0 bridgehead atoms. The molecule has 88 valence electrons. The van der Waals surface area contributed by atoms with Crippen LogP contribution in [0.25, 0.3) is 0 Å². The van der Waals surface area contributed by atoms with Crippen LogP contribution in [-0.4, -0.2) is 11.9 Å². The van der Waals surface area contributed by atoms with E-state index in [0.29, 0.717) is 0 Å². The number of hydrogen-bond donors (Lipinski definition) is 2. The van der Waals surface area contributed by atoms with Crippen molar-refractivity contribution < 1.29 is 4.92 Å². The zero-order valence-electron chi connectivity index (χ0n) is 9.46. The summed E-state index contributed by atoms with van der Waals surface area (Å²) in [7, 11) is 0. The summed E-state index contributed by atoms with van der Waals surface area (Å²) >= 11 is 0. The lowest BCUT2D eigenvalue weighted by molar-refractivity contribution is -0.384. The predicted octanol–water partition coefficient (Wildman–Crippen LogP) is 1.83. The summed E-state index contributed by atoms with van der Waals surface area (Å²) in [5.41, 5.74) is 2.83. The van der Waals surface area contributed by atoms with Crippen molar-refractivity contribution in [2.45, 2.75) is 0 Å². The van der Waals surface area contributed by atoms with Crippen molar-refractivity contribution in [2.75, 3.05) is 10.5 Å². The fraction of sp³-hybridized carbons (Fsp3) is 0. The molecule has 2 aromatic rings. The second-order valence-electron chi connectivity index (χ2n) is 4.12. The van der Waals surface area contributed by atoms with Crippen LogP contribution in [0.1, 0.15) is 0 Å². The smallest absolute Gasteiger partial charge is 0.404 e. The molecule has 0 atom stereocenters. The molecular weight excluding hydrogens is 229 g/mol. The van der Waals surface area contributed by atoms with Gasteiger partial charge in [-0.15, -0.1) is 0 Å². The largest absolute Gasteiger partial charge is 0.406 e. The van der Waals surface area contributed by atoms with E-state index in [-0.39, 0.29) is 12.7 Å². The Kier molecular flexibility index (Phi) is 2.41. The lowest BCUT2D eigenvalue weighted by Crippen LogP contribution is -2.41. The molecule has 3 rings (SSSR count). The molecule has 1 heterocycles. The molecule has 0 aromatic heterocycles. The van der Waals surface area contributed by atoms with E-state index in [1.165, 1.54) is 6.07 Å². The van der Waals surface area contributed by atoms with Crippen molar-refractivity contribution in [2.24, 2.45) is 0 Å². The molecule has 1 aliphatic rings. The molecule has 0 unspecified atom stereocenters. The monoisotopic (exact) mass is 239 g/mol. The van der Waals surface area contributed by atoms with Crippen molar-refractivity contribution in [3.63, 3.8) is 0 Å². The van der Waals surface area contributed by atoms with Crippen LogP contribution in [0.2, 0.25) is 0 Å². The molecule has 0 saturated heterocycles. The van der Waals surface area contributed by atoms with Crippen molar-refractivity contribution in [1.29, 1.82) is 0 Å². The third-order valence-electron chi connectivity index (χ3n) is 2.95. The standard InChI is InChI=1S/C12H10BN3O2/c17-16(18)10-6-7-11-12(8-10)15-13(14-11)9-4-2-1-3-5-9/h1-8,14-15H. The molecule has 6 heteroatoms. The summed E-state index contributed by atoms with van der Waals surface area (Å²) < 4.78 is 0. The average Bonchev–Trinajstić information content (AvgIpc) is 2.82. The predicted molar refractivity (Wildman–Crippen MR) is 72.2 cm³/mol. The van der Waals surface area contributed by atoms with Gasteiger partial charge >= 0.3 is 6.98 Å². The molecular formula is C12H10BN3O2. The van der Waals surface area contributed by atoms with Gasteiger partial charge in [-0.3, -0.25) is 10.1 Å². The number of anilines is 2. The van der Waals surface area contributed by atoms with Gasteiger partial charge in [-0.05, 0) is 11.5 Å². The van der Waals surface area contributed by atoms with Crippen LogP contribution in [0.3, 0.4) is 0 Å². The number of non-ortho nitro benzene ring substituents is 1. The van der Waals surface area contributed by atoms with E-state index in [0.717, 1.165) is 16.8 Å². The Morgan fingerprint density at radius 1 is 1.00 bits per heavy atom. The molecule has 0 spiro atoms. The van der Waals surface area contributed by atoms with Crippen LogP contribution in [0.5, 0.6) is 0 Å². The minimum atomic E-state index is -0.391. The zero-order chi connectivity index (χ0) is 12.5. The summed E-state index contributed by atoms with van der Waals surface area (Å²) in [6, 6.07) is 14.7. The minimum absolute atomic E-state index is 0.0387. The highest BCUT2D eigenvalue weighted by atomic mass is 16.6. The highest BCUT2D eigenvalue weighted by Gasteiger charge is 2.27. The maximum Gasteiger partial charge on any atom is 0.406 e. The lowest BCUT2D eigenvalue weighted by Gasteiger charge is -2.06. The highest BCUT2D eigenvalue weighted by Crippen LogP contribution is 2.31. The van der Waals surface area contributed by atoms with Gasteiger partial charge in [0.1, 0.15) is 0 Å². The molecule has 0 radical (unpaired) electrons. The zero-order valence-corrected chi connectivity index (χ0v) is 9.46. The Labute approximate surface area is 104 Å². The molecule has 2 aromatic carbocycles. The molecule has 1 aliphatic heterocycles. The normalized spacial score (nSPS) is 12.6.